The fraction of sp³-hybridized carbons (Fsp3) is 0.188. The molecule has 0 saturated carbocycles. The molecule has 0 bridgehead atoms. The first kappa shape index (κ1) is 20.8. The molecule has 0 aliphatic carbocycles. The van der Waals surface area contributed by atoms with Gasteiger partial charge in [0.1, 0.15) is 16.9 Å². The summed E-state index contributed by atoms with van der Waals surface area (Å²) in [5, 5.41) is 19.0. The number of carboxylic acids is 2. The molecule has 0 unspecified atom stereocenters. The second-order valence-corrected chi connectivity index (χ2v) is 6.71. The largest absolute Gasteiger partial charge is 0.493 e. The van der Waals surface area contributed by atoms with Crippen molar-refractivity contribution in [1.82, 2.24) is 4.98 Å². The summed E-state index contributed by atoms with van der Waals surface area (Å²) in [6.07, 6.45) is 0. The number of aromatic carboxylic acids is 2. The van der Waals surface area contributed by atoms with Crippen LogP contribution in [0, 0.1) is 0 Å². The van der Waals surface area contributed by atoms with Crippen LogP contribution in [0.25, 0.3) is 11.1 Å². The Hall–Kier alpha value is -2.53. The summed E-state index contributed by atoms with van der Waals surface area (Å²) in [5.41, 5.74) is 3.03. The van der Waals surface area contributed by atoms with Crippen LogP contribution in [-0.2, 0) is 0 Å². The first-order chi connectivity index (χ1) is 12.6. The van der Waals surface area contributed by atoms with E-state index in [1.54, 1.807) is 6.92 Å². The van der Waals surface area contributed by atoms with Gasteiger partial charge in [-0.1, -0.05) is 0 Å². The third-order valence-corrected chi connectivity index (χ3v) is 5.69. The average molecular weight is 506 g/mol. The predicted molar refractivity (Wildman–Crippen MR) is 104 cm³/mol. The molecule has 9 nitrogen and oxygen atoms in total. The first-order valence-electron chi connectivity index (χ1n) is 7.37. The highest BCUT2D eigenvalue weighted by atomic mass is 79.9. The van der Waals surface area contributed by atoms with E-state index in [4.69, 9.17) is 15.2 Å². The first-order valence-corrected chi connectivity index (χ1v) is 8.95. The molecule has 144 valence electrons. The van der Waals surface area contributed by atoms with Gasteiger partial charge in [-0.25, -0.2) is 9.59 Å². The van der Waals surface area contributed by atoms with Crippen molar-refractivity contribution in [2.45, 2.75) is 6.92 Å². The molecule has 0 amide bonds. The molecular formula is C16H14Br2N2O7. The number of nitrogens with two attached hydrogens (primary N) is 1. The summed E-state index contributed by atoms with van der Waals surface area (Å²) in [4.78, 5) is 37.7. The monoisotopic (exact) mass is 504 g/mol. The van der Waals surface area contributed by atoms with Crippen molar-refractivity contribution in [3.05, 3.63) is 36.5 Å². The number of halogens is 2. The van der Waals surface area contributed by atoms with Crippen LogP contribution in [-0.4, -0.2) is 40.9 Å². The number of pyridine rings is 1. The second kappa shape index (κ2) is 8.01. The van der Waals surface area contributed by atoms with Crippen molar-refractivity contribution in [2.75, 3.05) is 19.5 Å². The Morgan fingerprint density at radius 1 is 1.19 bits per heavy atom. The Morgan fingerprint density at radius 3 is 2.26 bits per heavy atom. The minimum Gasteiger partial charge on any atom is -0.493 e. The number of H-pyrrole nitrogens is 1. The average Bonchev–Trinajstić information content (AvgIpc) is 2.58. The summed E-state index contributed by atoms with van der Waals surface area (Å²) < 4.78 is 11.4. The molecule has 0 fully saturated rings. The number of hydrogen-bond acceptors (Lipinski definition) is 6. The van der Waals surface area contributed by atoms with Gasteiger partial charge in [-0.3, -0.25) is 4.79 Å². The molecule has 2 aromatic rings. The van der Waals surface area contributed by atoms with E-state index in [-0.39, 0.29) is 21.3 Å². The molecule has 5 N–H and O–H groups in total. The third-order valence-electron chi connectivity index (χ3n) is 3.58. The highest BCUT2D eigenvalue weighted by Gasteiger charge is 2.30. The van der Waals surface area contributed by atoms with Crippen molar-refractivity contribution in [1.29, 1.82) is 0 Å². The number of hydrogen-bond donors (Lipinski definition) is 4. The molecule has 0 aliphatic rings. The number of nitrogens with one attached hydrogen (secondary N) is 1. The highest BCUT2D eigenvalue weighted by molar-refractivity contribution is 9.13. The Labute approximate surface area is 169 Å². The summed E-state index contributed by atoms with van der Waals surface area (Å²) in [5.74, 6) is -3.05. The Bertz CT molecular complexity index is 1000. The summed E-state index contributed by atoms with van der Waals surface area (Å²) >= 11 is 6.61. The molecule has 1 aromatic carbocycles. The van der Waals surface area contributed by atoms with Gasteiger partial charge in [-0.05, 0) is 44.8 Å². The molecule has 0 radical (unpaired) electrons. The number of anilines is 1. The maximum Gasteiger partial charge on any atom is 0.342 e. The lowest BCUT2D eigenvalue weighted by Gasteiger charge is -2.18. The van der Waals surface area contributed by atoms with Gasteiger partial charge in [-0.2, -0.15) is 0 Å². The van der Waals surface area contributed by atoms with Crippen molar-refractivity contribution in [2.24, 2.45) is 0 Å². The smallest absolute Gasteiger partial charge is 0.342 e. The molecule has 11 heteroatoms. The van der Waals surface area contributed by atoms with Gasteiger partial charge in [0.2, 0.25) is 0 Å². The van der Waals surface area contributed by atoms with Crippen molar-refractivity contribution < 1.29 is 29.3 Å². The zero-order chi connectivity index (χ0) is 20.5. The Balaban J connectivity index is 3.06. The summed E-state index contributed by atoms with van der Waals surface area (Å²) in [6.45, 7) is 2.08. The minimum atomic E-state index is -1.61. The molecular weight excluding hydrogens is 492 g/mol. The fourth-order valence-corrected chi connectivity index (χ4v) is 3.53. The van der Waals surface area contributed by atoms with Gasteiger partial charge in [0.15, 0.2) is 11.5 Å². The van der Waals surface area contributed by atoms with E-state index in [0.717, 1.165) is 0 Å². The van der Waals surface area contributed by atoms with E-state index in [1.807, 2.05) is 0 Å². The number of benzene rings is 1. The van der Waals surface area contributed by atoms with E-state index in [9.17, 15) is 24.6 Å². The van der Waals surface area contributed by atoms with Crippen molar-refractivity contribution >= 4 is 49.6 Å². The van der Waals surface area contributed by atoms with Crippen LogP contribution in [0.15, 0.2) is 19.8 Å². The van der Waals surface area contributed by atoms with Crippen LogP contribution >= 0.6 is 31.9 Å². The highest BCUT2D eigenvalue weighted by Crippen LogP contribution is 2.47. The lowest BCUT2D eigenvalue weighted by Crippen LogP contribution is -2.24. The van der Waals surface area contributed by atoms with Gasteiger partial charge in [0.05, 0.1) is 18.2 Å². The molecule has 0 spiro atoms. The van der Waals surface area contributed by atoms with Gasteiger partial charge in [-0.15, -0.1) is 0 Å². The Morgan fingerprint density at radius 2 is 1.78 bits per heavy atom. The second-order valence-electron chi connectivity index (χ2n) is 5.12. The van der Waals surface area contributed by atoms with E-state index < -0.39 is 34.4 Å². The molecule has 0 saturated heterocycles. The number of rotatable bonds is 6. The van der Waals surface area contributed by atoms with Crippen molar-refractivity contribution in [3.63, 3.8) is 0 Å². The summed E-state index contributed by atoms with van der Waals surface area (Å²) in [6, 6.07) is 1.37. The van der Waals surface area contributed by atoms with Gasteiger partial charge < -0.3 is 30.4 Å². The maximum atomic E-state index is 12.2. The Kier molecular flexibility index (Phi) is 6.16. The molecule has 0 aliphatic heterocycles. The lowest BCUT2D eigenvalue weighted by molar-refractivity contribution is 0.0695. The molecule has 1 heterocycles. The molecule has 0 atom stereocenters. The zero-order valence-corrected chi connectivity index (χ0v) is 17.2. The number of ether oxygens (including phenoxy) is 2. The van der Waals surface area contributed by atoms with Gasteiger partial charge in [0.25, 0.3) is 5.56 Å². The number of methoxy groups -OCH3 is 1. The van der Waals surface area contributed by atoms with Gasteiger partial charge >= 0.3 is 11.9 Å². The van der Waals surface area contributed by atoms with Crippen LogP contribution in [0.5, 0.6) is 11.5 Å². The van der Waals surface area contributed by atoms with Crippen LogP contribution in [0.1, 0.15) is 27.6 Å². The van der Waals surface area contributed by atoms with E-state index in [1.165, 1.54) is 13.2 Å². The number of nitrogen functional groups attached to an aromatic ring is 1. The SMILES string of the molecule is CCOc1c(OC)cc(-c2c(C(=O)O)c(N)[nH]c(=O)c2C(=O)O)c(Br)c1Br. The summed E-state index contributed by atoms with van der Waals surface area (Å²) in [7, 11) is 1.37. The molecule has 2 rings (SSSR count). The van der Waals surface area contributed by atoms with Crippen LogP contribution < -0.4 is 20.8 Å². The van der Waals surface area contributed by atoms with Crippen LogP contribution in [0.4, 0.5) is 5.82 Å². The van der Waals surface area contributed by atoms with E-state index in [2.05, 4.69) is 36.8 Å². The van der Waals surface area contributed by atoms with E-state index >= 15 is 0 Å². The fourth-order valence-electron chi connectivity index (χ4n) is 2.51. The quantitative estimate of drug-likeness (QED) is 0.467. The number of aromatic amines is 1. The number of aromatic nitrogens is 1. The zero-order valence-electron chi connectivity index (χ0n) is 14.1. The van der Waals surface area contributed by atoms with Crippen LogP contribution in [0.3, 0.4) is 0 Å². The molecule has 27 heavy (non-hydrogen) atoms. The number of carbonyl (C=O) groups is 2. The third kappa shape index (κ3) is 3.65. The molecule has 1 aromatic heterocycles. The topological polar surface area (TPSA) is 152 Å². The normalized spacial score (nSPS) is 10.5. The van der Waals surface area contributed by atoms with E-state index in [0.29, 0.717) is 16.8 Å². The lowest BCUT2D eigenvalue weighted by atomic mass is 9.95. The standard InChI is InChI=1S/C16H14Br2N2O7/c1-3-27-12-6(26-2)4-5(10(17)11(12)18)7-8(15(22)23)13(19)20-14(21)9(7)16(24)25/h4H,3H2,1-2H3,(H,22,23)(H,24,25)(H3,19,20,21). The van der Waals surface area contributed by atoms with Crippen LogP contribution in [0.2, 0.25) is 0 Å². The minimum absolute atomic E-state index is 0.0785. The predicted octanol–water partition coefficient (Wildman–Crippen LogP) is 2.95. The maximum absolute atomic E-state index is 12.2. The van der Waals surface area contributed by atoms with Crippen molar-refractivity contribution in [3.8, 4) is 22.6 Å². The number of carboxylic acid groups (broad SMARTS) is 2. The van der Waals surface area contributed by atoms with Gasteiger partial charge in [0, 0.05) is 15.6 Å².